The molecule has 2 rings (SSSR count). The number of hydrogen-bond donors (Lipinski definition) is 0. The first kappa shape index (κ1) is 14.8. The third-order valence-corrected chi connectivity index (χ3v) is 4.09. The molecule has 0 aliphatic heterocycles. The van der Waals surface area contributed by atoms with E-state index in [1.54, 1.807) is 6.07 Å². The summed E-state index contributed by atoms with van der Waals surface area (Å²) in [6.45, 7) is 1.45. The number of benzene rings is 1. The van der Waals surface area contributed by atoms with Crippen LogP contribution in [0.1, 0.15) is 11.3 Å². The fourth-order valence-corrected chi connectivity index (χ4v) is 2.99. The van der Waals surface area contributed by atoms with Gasteiger partial charge in [0, 0.05) is 16.7 Å². The predicted octanol–water partition coefficient (Wildman–Crippen LogP) is 2.77. The van der Waals surface area contributed by atoms with Gasteiger partial charge in [-0.2, -0.15) is 10.4 Å². The molecule has 0 amide bonds. The molecule has 1 heterocycles. The smallest absolute Gasteiger partial charge is 0.219 e. The van der Waals surface area contributed by atoms with Crippen molar-refractivity contribution in [3.05, 3.63) is 40.3 Å². The summed E-state index contributed by atoms with van der Waals surface area (Å²) in [5.74, 6) is -0.742. The molecule has 0 spiro atoms. The molecule has 0 radical (unpaired) electrons. The fourth-order valence-electron chi connectivity index (χ4n) is 1.65. The van der Waals surface area contributed by atoms with E-state index in [-0.39, 0.29) is 22.0 Å². The fraction of sp³-hybridized carbons (Fsp3) is 0.0909. The van der Waals surface area contributed by atoms with Crippen LogP contribution in [0, 0.1) is 24.1 Å². The van der Waals surface area contributed by atoms with E-state index in [1.807, 2.05) is 0 Å². The maximum Gasteiger partial charge on any atom is 0.280 e. The molecule has 9 heteroatoms. The number of aryl methyl sites for hydroxylation is 1. The second-order valence-electron chi connectivity index (χ2n) is 3.83. The van der Waals surface area contributed by atoms with Crippen LogP contribution in [0.25, 0.3) is 5.69 Å². The van der Waals surface area contributed by atoms with Crippen molar-refractivity contribution in [3.63, 3.8) is 0 Å². The summed E-state index contributed by atoms with van der Waals surface area (Å²) >= 11 is 5.56. The first-order valence-electron chi connectivity index (χ1n) is 5.15. The van der Waals surface area contributed by atoms with Gasteiger partial charge in [-0.25, -0.2) is 17.5 Å². The van der Waals surface area contributed by atoms with E-state index >= 15 is 0 Å². The molecule has 5 nitrogen and oxygen atoms in total. The van der Waals surface area contributed by atoms with Crippen molar-refractivity contribution >= 4 is 31.3 Å². The van der Waals surface area contributed by atoms with Crippen LogP contribution in [0.5, 0.6) is 0 Å². The van der Waals surface area contributed by atoms with E-state index < -0.39 is 19.9 Å². The van der Waals surface area contributed by atoms with Gasteiger partial charge < -0.3 is 0 Å². The van der Waals surface area contributed by atoms with Gasteiger partial charge in [0.05, 0.1) is 16.4 Å². The lowest BCUT2D eigenvalue weighted by molar-refractivity contribution is 0.597. The summed E-state index contributed by atoms with van der Waals surface area (Å²) in [7, 11) is 1.09. The Bertz CT molecular complexity index is 840. The lowest BCUT2D eigenvalue weighted by Crippen LogP contribution is -2.06. The van der Waals surface area contributed by atoms with Crippen LogP contribution < -0.4 is 0 Å². The highest BCUT2D eigenvalue weighted by molar-refractivity contribution is 8.13. The Balaban J connectivity index is 2.82. The number of aromatic nitrogens is 2. The Morgan fingerprint density at radius 2 is 2.10 bits per heavy atom. The summed E-state index contributed by atoms with van der Waals surface area (Å²) in [5.41, 5.74) is 0.0770. The van der Waals surface area contributed by atoms with Gasteiger partial charge in [0.15, 0.2) is 5.03 Å². The van der Waals surface area contributed by atoms with Gasteiger partial charge in [0.25, 0.3) is 9.05 Å². The first-order chi connectivity index (χ1) is 9.25. The molecule has 0 N–H and O–H groups in total. The average Bonchev–Trinajstić information content (AvgIpc) is 2.69. The zero-order valence-corrected chi connectivity index (χ0v) is 12.3. The second kappa shape index (κ2) is 5.05. The van der Waals surface area contributed by atoms with Gasteiger partial charge in [0.2, 0.25) is 0 Å². The summed E-state index contributed by atoms with van der Waals surface area (Å²) in [6.07, 6.45) is 0. The third-order valence-electron chi connectivity index (χ3n) is 2.51. The maximum absolute atomic E-state index is 13.5. The highest BCUT2D eigenvalue weighted by atomic mass is 35.7. The number of hydrogen-bond acceptors (Lipinski definition) is 4. The monoisotopic (exact) mass is 333 g/mol. The molecular formula is C11H6Cl2FN3O2S. The molecule has 0 unspecified atom stereocenters. The van der Waals surface area contributed by atoms with E-state index in [2.05, 4.69) is 5.10 Å². The molecule has 104 valence electrons. The summed E-state index contributed by atoms with van der Waals surface area (Å²) in [6, 6.07) is 5.34. The van der Waals surface area contributed by atoms with Crippen molar-refractivity contribution in [3.8, 4) is 11.8 Å². The number of rotatable bonds is 2. The summed E-state index contributed by atoms with van der Waals surface area (Å²) < 4.78 is 37.6. The highest BCUT2D eigenvalue weighted by Gasteiger charge is 2.26. The van der Waals surface area contributed by atoms with Gasteiger partial charge in [-0.05, 0) is 19.1 Å². The quantitative estimate of drug-likeness (QED) is 0.792. The van der Waals surface area contributed by atoms with Crippen molar-refractivity contribution in [1.82, 2.24) is 9.78 Å². The molecule has 0 aliphatic carbocycles. The molecule has 0 bridgehead atoms. The van der Waals surface area contributed by atoms with E-state index in [0.717, 1.165) is 10.7 Å². The van der Waals surface area contributed by atoms with E-state index in [9.17, 15) is 12.8 Å². The Hall–Kier alpha value is -1.62. The molecule has 0 atom stereocenters. The Kier molecular flexibility index (Phi) is 3.73. The van der Waals surface area contributed by atoms with Crippen molar-refractivity contribution in [2.24, 2.45) is 0 Å². The van der Waals surface area contributed by atoms with Crippen molar-refractivity contribution in [2.75, 3.05) is 0 Å². The van der Waals surface area contributed by atoms with Crippen LogP contribution in [0.4, 0.5) is 4.39 Å². The molecule has 0 aliphatic rings. The lowest BCUT2D eigenvalue weighted by atomic mass is 10.3. The van der Waals surface area contributed by atoms with Gasteiger partial charge in [0.1, 0.15) is 17.4 Å². The zero-order valence-electron chi connectivity index (χ0n) is 9.93. The topological polar surface area (TPSA) is 75.8 Å². The average molecular weight is 334 g/mol. The standard InChI is InChI=1S/C11H6Cl2FN3O2S/c1-6-8(5-15)11(20(13,18)19)17(16-6)7-2-3-9(12)10(14)4-7/h2-4H,1H3. The van der Waals surface area contributed by atoms with Crippen molar-refractivity contribution in [1.29, 1.82) is 5.26 Å². The Morgan fingerprint density at radius 1 is 1.45 bits per heavy atom. The lowest BCUT2D eigenvalue weighted by Gasteiger charge is -2.05. The number of nitrogens with zero attached hydrogens (tertiary/aromatic N) is 3. The normalized spacial score (nSPS) is 11.3. The number of halogens is 3. The Labute approximate surface area is 123 Å². The maximum atomic E-state index is 13.5. The zero-order chi connectivity index (χ0) is 15.1. The van der Waals surface area contributed by atoms with E-state index in [0.29, 0.717) is 0 Å². The minimum absolute atomic E-state index is 0.0933. The van der Waals surface area contributed by atoms with Crippen LogP contribution >= 0.6 is 22.3 Å². The minimum atomic E-state index is -4.23. The Morgan fingerprint density at radius 3 is 2.60 bits per heavy atom. The van der Waals surface area contributed by atoms with Crippen LogP contribution in [0.2, 0.25) is 5.02 Å². The van der Waals surface area contributed by atoms with Crippen LogP contribution in [-0.4, -0.2) is 18.2 Å². The first-order valence-corrected chi connectivity index (χ1v) is 7.84. The van der Waals surface area contributed by atoms with Gasteiger partial charge >= 0.3 is 0 Å². The van der Waals surface area contributed by atoms with Gasteiger partial charge in [-0.1, -0.05) is 11.6 Å². The van der Waals surface area contributed by atoms with Crippen LogP contribution in [0.15, 0.2) is 23.2 Å². The molecule has 2 aromatic rings. The highest BCUT2D eigenvalue weighted by Crippen LogP contribution is 2.27. The SMILES string of the molecule is Cc1nn(-c2ccc(Cl)c(F)c2)c(S(=O)(=O)Cl)c1C#N. The van der Waals surface area contributed by atoms with Gasteiger partial charge in [-0.15, -0.1) is 0 Å². The number of nitriles is 1. The van der Waals surface area contributed by atoms with Crippen molar-refractivity contribution in [2.45, 2.75) is 11.9 Å². The minimum Gasteiger partial charge on any atom is -0.219 e. The molecule has 0 saturated heterocycles. The van der Waals surface area contributed by atoms with Crippen molar-refractivity contribution < 1.29 is 12.8 Å². The molecule has 1 aromatic carbocycles. The van der Waals surface area contributed by atoms with E-state index in [1.165, 1.54) is 19.1 Å². The van der Waals surface area contributed by atoms with Crippen LogP contribution in [0.3, 0.4) is 0 Å². The van der Waals surface area contributed by atoms with Gasteiger partial charge in [-0.3, -0.25) is 0 Å². The summed E-state index contributed by atoms with van der Waals surface area (Å²) in [4.78, 5) is 0. The largest absolute Gasteiger partial charge is 0.280 e. The molecule has 20 heavy (non-hydrogen) atoms. The summed E-state index contributed by atoms with van der Waals surface area (Å²) in [5, 5.41) is 12.3. The second-order valence-corrected chi connectivity index (χ2v) is 6.71. The predicted molar refractivity (Wildman–Crippen MR) is 71.0 cm³/mol. The third kappa shape index (κ3) is 2.50. The molecule has 0 fully saturated rings. The van der Waals surface area contributed by atoms with E-state index in [4.69, 9.17) is 27.5 Å². The van der Waals surface area contributed by atoms with Crippen LogP contribution in [-0.2, 0) is 9.05 Å². The molecular weight excluding hydrogens is 328 g/mol. The molecule has 1 aromatic heterocycles. The molecule has 0 saturated carbocycles.